The van der Waals surface area contributed by atoms with Crippen molar-refractivity contribution in [1.82, 2.24) is 15.5 Å². The van der Waals surface area contributed by atoms with Crippen molar-refractivity contribution in [2.24, 2.45) is 0 Å². The van der Waals surface area contributed by atoms with Gasteiger partial charge in [-0.3, -0.25) is 9.69 Å². The molecule has 0 spiro atoms. The molecule has 15 heavy (non-hydrogen) atoms. The van der Waals surface area contributed by atoms with Crippen LogP contribution in [-0.2, 0) is 4.79 Å². The van der Waals surface area contributed by atoms with Gasteiger partial charge in [-0.1, -0.05) is 11.6 Å². The van der Waals surface area contributed by atoms with Crippen LogP contribution in [0.5, 0.6) is 0 Å². The highest BCUT2D eigenvalue weighted by Crippen LogP contribution is 1.91. The Balaban J connectivity index is 2.14. The number of hydrogen-bond donors (Lipinski definition) is 2. The Hall–Kier alpha value is -0.870. The van der Waals surface area contributed by atoms with E-state index in [0.717, 1.165) is 26.2 Å². The molecule has 1 rings (SSSR count). The molecule has 0 aromatic heterocycles. The van der Waals surface area contributed by atoms with Gasteiger partial charge in [0, 0.05) is 32.7 Å². The second kappa shape index (κ2) is 6.58. The standard InChI is InChI=1S/C11H21N3O/c1-10(2)3-4-13-11(15)9-14-7-5-12-6-8-14/h3,12H,4-9H2,1-2H3,(H,13,15). The molecule has 2 N–H and O–H groups in total. The third-order valence-corrected chi connectivity index (χ3v) is 2.39. The van der Waals surface area contributed by atoms with Crippen molar-refractivity contribution in [2.45, 2.75) is 13.8 Å². The molecule has 0 bridgehead atoms. The number of piperazine rings is 1. The minimum atomic E-state index is 0.120. The summed E-state index contributed by atoms with van der Waals surface area (Å²) in [4.78, 5) is 13.7. The third-order valence-electron chi connectivity index (χ3n) is 2.39. The summed E-state index contributed by atoms with van der Waals surface area (Å²) in [5, 5.41) is 6.15. The van der Waals surface area contributed by atoms with Gasteiger partial charge in [0.05, 0.1) is 6.54 Å². The van der Waals surface area contributed by atoms with E-state index in [1.807, 2.05) is 19.9 Å². The summed E-state index contributed by atoms with van der Waals surface area (Å²) in [6.45, 7) is 9.14. The van der Waals surface area contributed by atoms with Gasteiger partial charge in [0.25, 0.3) is 0 Å². The number of rotatable bonds is 4. The van der Waals surface area contributed by atoms with Crippen molar-refractivity contribution in [3.8, 4) is 0 Å². The van der Waals surface area contributed by atoms with Crippen LogP contribution in [0.2, 0.25) is 0 Å². The van der Waals surface area contributed by atoms with Crippen LogP contribution in [0.4, 0.5) is 0 Å². The Morgan fingerprint density at radius 1 is 1.40 bits per heavy atom. The average molecular weight is 211 g/mol. The average Bonchev–Trinajstić information content (AvgIpc) is 2.18. The zero-order valence-corrected chi connectivity index (χ0v) is 9.68. The van der Waals surface area contributed by atoms with E-state index in [9.17, 15) is 4.79 Å². The molecule has 0 aromatic carbocycles. The third kappa shape index (κ3) is 5.54. The van der Waals surface area contributed by atoms with E-state index in [0.29, 0.717) is 13.1 Å². The predicted octanol–water partition coefficient (Wildman–Crippen LogP) is -0.0260. The number of hydrogen-bond acceptors (Lipinski definition) is 3. The maximum Gasteiger partial charge on any atom is 0.234 e. The first kappa shape index (κ1) is 12.2. The van der Waals surface area contributed by atoms with E-state index >= 15 is 0 Å². The van der Waals surface area contributed by atoms with Crippen LogP contribution in [0, 0.1) is 0 Å². The van der Waals surface area contributed by atoms with Crippen molar-refractivity contribution in [3.63, 3.8) is 0 Å². The Labute approximate surface area is 91.7 Å². The molecule has 1 heterocycles. The van der Waals surface area contributed by atoms with Crippen LogP contribution < -0.4 is 10.6 Å². The molecule has 1 amide bonds. The molecule has 0 aliphatic carbocycles. The molecular weight excluding hydrogens is 190 g/mol. The number of carbonyl (C=O) groups is 1. The zero-order chi connectivity index (χ0) is 11.1. The topological polar surface area (TPSA) is 44.4 Å². The molecule has 86 valence electrons. The summed E-state index contributed by atoms with van der Waals surface area (Å²) in [6.07, 6.45) is 2.02. The van der Waals surface area contributed by atoms with Crippen LogP contribution in [0.25, 0.3) is 0 Å². The van der Waals surface area contributed by atoms with Gasteiger partial charge in [-0.15, -0.1) is 0 Å². The highest BCUT2D eigenvalue weighted by Gasteiger charge is 2.12. The summed E-state index contributed by atoms with van der Waals surface area (Å²) >= 11 is 0. The first-order valence-corrected chi connectivity index (χ1v) is 5.51. The van der Waals surface area contributed by atoms with E-state index in [1.165, 1.54) is 5.57 Å². The fourth-order valence-electron chi connectivity index (χ4n) is 1.50. The van der Waals surface area contributed by atoms with Crippen LogP contribution in [0.1, 0.15) is 13.8 Å². The lowest BCUT2D eigenvalue weighted by Gasteiger charge is -2.26. The number of amides is 1. The lowest BCUT2D eigenvalue weighted by molar-refractivity contribution is -0.122. The molecule has 1 fully saturated rings. The molecule has 1 saturated heterocycles. The van der Waals surface area contributed by atoms with Gasteiger partial charge >= 0.3 is 0 Å². The van der Waals surface area contributed by atoms with Gasteiger partial charge in [-0.25, -0.2) is 0 Å². The predicted molar refractivity (Wildman–Crippen MR) is 61.8 cm³/mol. The summed E-state index contributed by atoms with van der Waals surface area (Å²) in [5.74, 6) is 0.120. The highest BCUT2D eigenvalue weighted by molar-refractivity contribution is 5.78. The number of nitrogens with one attached hydrogen (secondary N) is 2. The van der Waals surface area contributed by atoms with Crippen LogP contribution in [0.3, 0.4) is 0 Å². The maximum atomic E-state index is 11.5. The molecule has 0 unspecified atom stereocenters. The number of nitrogens with zero attached hydrogens (tertiary/aromatic N) is 1. The smallest absolute Gasteiger partial charge is 0.234 e. The Kier molecular flexibility index (Phi) is 5.36. The lowest BCUT2D eigenvalue weighted by Crippen LogP contribution is -2.47. The fourth-order valence-corrected chi connectivity index (χ4v) is 1.50. The second-order valence-electron chi connectivity index (χ2n) is 4.11. The molecule has 0 atom stereocenters. The summed E-state index contributed by atoms with van der Waals surface area (Å²) < 4.78 is 0. The van der Waals surface area contributed by atoms with Gasteiger partial charge in [0.1, 0.15) is 0 Å². The van der Waals surface area contributed by atoms with Crippen molar-refractivity contribution < 1.29 is 4.79 Å². The maximum absolute atomic E-state index is 11.5. The molecule has 1 aliphatic rings. The molecule has 4 heteroatoms. The normalized spacial score (nSPS) is 17.2. The van der Waals surface area contributed by atoms with Gasteiger partial charge in [0.15, 0.2) is 0 Å². The molecule has 0 aromatic rings. The summed E-state index contributed by atoms with van der Waals surface area (Å²) in [6, 6.07) is 0. The van der Waals surface area contributed by atoms with Crippen LogP contribution in [-0.4, -0.2) is 50.1 Å². The first-order valence-electron chi connectivity index (χ1n) is 5.51. The number of allylic oxidation sites excluding steroid dienone is 1. The van der Waals surface area contributed by atoms with E-state index in [-0.39, 0.29) is 5.91 Å². The van der Waals surface area contributed by atoms with Crippen molar-refractivity contribution in [1.29, 1.82) is 0 Å². The number of carbonyl (C=O) groups excluding carboxylic acids is 1. The summed E-state index contributed by atoms with van der Waals surface area (Å²) in [7, 11) is 0. The van der Waals surface area contributed by atoms with Gasteiger partial charge in [-0.2, -0.15) is 0 Å². The monoisotopic (exact) mass is 211 g/mol. The lowest BCUT2D eigenvalue weighted by atomic mass is 10.3. The van der Waals surface area contributed by atoms with E-state index < -0.39 is 0 Å². The Bertz CT molecular complexity index is 228. The zero-order valence-electron chi connectivity index (χ0n) is 9.68. The quantitative estimate of drug-likeness (QED) is 0.642. The molecule has 0 radical (unpaired) electrons. The minimum absolute atomic E-state index is 0.120. The Morgan fingerprint density at radius 2 is 2.07 bits per heavy atom. The second-order valence-corrected chi connectivity index (χ2v) is 4.11. The SMILES string of the molecule is CC(C)=CCNC(=O)CN1CCNCC1. The molecule has 4 nitrogen and oxygen atoms in total. The molecule has 1 aliphatic heterocycles. The van der Waals surface area contributed by atoms with Crippen molar-refractivity contribution >= 4 is 5.91 Å². The van der Waals surface area contributed by atoms with Crippen molar-refractivity contribution in [2.75, 3.05) is 39.3 Å². The van der Waals surface area contributed by atoms with Gasteiger partial charge in [0.2, 0.25) is 5.91 Å². The Morgan fingerprint density at radius 3 is 2.67 bits per heavy atom. The van der Waals surface area contributed by atoms with Crippen molar-refractivity contribution in [3.05, 3.63) is 11.6 Å². The first-order chi connectivity index (χ1) is 7.18. The van der Waals surface area contributed by atoms with E-state index in [1.54, 1.807) is 0 Å². The fraction of sp³-hybridized carbons (Fsp3) is 0.727. The minimum Gasteiger partial charge on any atom is -0.352 e. The van der Waals surface area contributed by atoms with Gasteiger partial charge < -0.3 is 10.6 Å². The highest BCUT2D eigenvalue weighted by atomic mass is 16.2. The van der Waals surface area contributed by atoms with Gasteiger partial charge in [-0.05, 0) is 13.8 Å². The largest absolute Gasteiger partial charge is 0.352 e. The molecular formula is C11H21N3O. The molecule has 0 saturated carbocycles. The van der Waals surface area contributed by atoms with E-state index in [4.69, 9.17) is 0 Å². The van der Waals surface area contributed by atoms with Crippen LogP contribution >= 0.6 is 0 Å². The van der Waals surface area contributed by atoms with E-state index in [2.05, 4.69) is 15.5 Å². The summed E-state index contributed by atoms with van der Waals surface area (Å²) in [5.41, 5.74) is 1.23. The van der Waals surface area contributed by atoms with Crippen LogP contribution in [0.15, 0.2) is 11.6 Å².